The molecule has 1 amide bonds. The molecule has 2 aromatic carbocycles. The van der Waals surface area contributed by atoms with E-state index in [9.17, 15) is 4.79 Å². The molecule has 7 heteroatoms. The Morgan fingerprint density at radius 2 is 2.03 bits per heavy atom. The molecule has 0 aliphatic heterocycles. The summed E-state index contributed by atoms with van der Waals surface area (Å²) in [5.41, 5.74) is 5.21. The molecule has 146 valence electrons. The third kappa shape index (κ3) is 3.63. The largest absolute Gasteiger partial charge is 0.464 e. The maximum atomic E-state index is 12.4. The Balaban J connectivity index is 1.25. The van der Waals surface area contributed by atoms with Crippen molar-refractivity contribution in [2.24, 2.45) is 0 Å². The van der Waals surface area contributed by atoms with Crippen molar-refractivity contribution in [3.63, 3.8) is 0 Å². The van der Waals surface area contributed by atoms with Crippen LogP contribution in [0.3, 0.4) is 0 Å². The number of aromatic nitrogens is 2. The number of fused-ring (bicyclic) bond motifs is 2. The van der Waals surface area contributed by atoms with Gasteiger partial charge in [-0.05, 0) is 54.7 Å². The minimum atomic E-state index is -0.129. The average molecular weight is 408 g/mol. The fraction of sp³-hybridized carbons (Fsp3) is 0.227. The maximum Gasteiger partial charge on any atom is 0.246 e. The van der Waals surface area contributed by atoms with Gasteiger partial charge in [-0.25, -0.2) is 0 Å². The van der Waals surface area contributed by atoms with Crippen LogP contribution in [0.1, 0.15) is 29.0 Å². The molecule has 5 rings (SSSR count). The fourth-order valence-corrected chi connectivity index (χ4v) is 3.96. The molecular formula is C22H18ClN3O3. The predicted octanol–water partition coefficient (Wildman–Crippen LogP) is 4.48. The number of halogens is 1. The van der Waals surface area contributed by atoms with Crippen LogP contribution >= 0.6 is 11.6 Å². The quantitative estimate of drug-likeness (QED) is 0.527. The minimum Gasteiger partial charge on any atom is -0.464 e. The molecule has 0 unspecified atom stereocenters. The number of benzene rings is 2. The molecule has 0 saturated carbocycles. The Morgan fingerprint density at radius 3 is 2.90 bits per heavy atom. The highest BCUT2D eigenvalue weighted by atomic mass is 35.5. The van der Waals surface area contributed by atoms with Crippen LogP contribution in [-0.2, 0) is 30.6 Å². The number of rotatable bonds is 5. The van der Waals surface area contributed by atoms with Crippen molar-refractivity contribution in [1.82, 2.24) is 15.5 Å². The molecule has 4 aromatic rings. The Morgan fingerprint density at radius 1 is 1.17 bits per heavy atom. The lowest BCUT2D eigenvalue weighted by Gasteiger charge is -2.02. The summed E-state index contributed by atoms with van der Waals surface area (Å²) >= 11 is 5.99. The van der Waals surface area contributed by atoms with Crippen LogP contribution in [0.25, 0.3) is 22.4 Å². The molecule has 2 aromatic heterocycles. The van der Waals surface area contributed by atoms with Crippen LogP contribution in [0, 0.1) is 0 Å². The second kappa shape index (κ2) is 7.37. The van der Waals surface area contributed by atoms with Crippen LogP contribution < -0.4 is 5.32 Å². The van der Waals surface area contributed by atoms with Crippen LogP contribution in [0.4, 0.5) is 0 Å². The Labute approximate surface area is 171 Å². The highest BCUT2D eigenvalue weighted by molar-refractivity contribution is 6.30. The molecule has 2 heterocycles. The normalized spacial score (nSPS) is 13.0. The highest BCUT2D eigenvalue weighted by Gasteiger charge is 2.17. The van der Waals surface area contributed by atoms with Crippen molar-refractivity contribution in [2.45, 2.75) is 32.2 Å². The van der Waals surface area contributed by atoms with Gasteiger partial charge in [-0.3, -0.25) is 4.79 Å². The van der Waals surface area contributed by atoms with E-state index in [0.29, 0.717) is 16.7 Å². The Kier molecular flexibility index (Phi) is 4.56. The smallest absolute Gasteiger partial charge is 0.246 e. The zero-order valence-corrected chi connectivity index (χ0v) is 16.3. The van der Waals surface area contributed by atoms with E-state index in [2.05, 4.69) is 27.6 Å². The van der Waals surface area contributed by atoms with Crippen molar-refractivity contribution < 1.29 is 13.7 Å². The zero-order chi connectivity index (χ0) is 19.8. The summed E-state index contributed by atoms with van der Waals surface area (Å²) in [6.07, 6.45) is 5.28. The fourth-order valence-electron chi connectivity index (χ4n) is 3.77. The summed E-state index contributed by atoms with van der Waals surface area (Å²) in [6, 6.07) is 11.5. The van der Waals surface area contributed by atoms with Crippen LogP contribution in [-0.4, -0.2) is 16.0 Å². The molecule has 1 aliphatic carbocycles. The first-order valence-corrected chi connectivity index (χ1v) is 9.90. The molecule has 1 aliphatic rings. The van der Waals surface area contributed by atoms with Gasteiger partial charge in [0.2, 0.25) is 17.6 Å². The van der Waals surface area contributed by atoms with Crippen LogP contribution in [0.2, 0.25) is 5.02 Å². The van der Waals surface area contributed by atoms with Crippen molar-refractivity contribution in [3.8, 4) is 11.4 Å². The summed E-state index contributed by atoms with van der Waals surface area (Å²) in [7, 11) is 0. The number of nitrogens with zero attached hydrogens (tertiary/aromatic N) is 2. The van der Waals surface area contributed by atoms with E-state index in [1.54, 1.807) is 18.4 Å². The summed E-state index contributed by atoms with van der Waals surface area (Å²) < 4.78 is 10.9. The summed E-state index contributed by atoms with van der Waals surface area (Å²) in [5, 5.41) is 8.38. The van der Waals surface area contributed by atoms with Gasteiger partial charge < -0.3 is 14.3 Å². The summed E-state index contributed by atoms with van der Waals surface area (Å²) in [6.45, 7) is 0.164. The summed E-state index contributed by atoms with van der Waals surface area (Å²) in [4.78, 5) is 16.7. The standard InChI is InChI=1S/C22H18ClN3O3/c23-17-6-2-5-15(7-17)22-25-21(29-26-22)11-24-20(27)10-16-12-28-19-9-14-4-1-3-13(14)8-18(16)19/h2,5-9,12H,1,3-4,10-11H2,(H,24,27). The molecule has 0 fully saturated rings. The van der Waals surface area contributed by atoms with Gasteiger partial charge in [-0.2, -0.15) is 4.98 Å². The van der Waals surface area contributed by atoms with Gasteiger partial charge in [-0.15, -0.1) is 0 Å². The van der Waals surface area contributed by atoms with Gasteiger partial charge in [0.1, 0.15) is 5.58 Å². The molecule has 0 saturated heterocycles. The van der Waals surface area contributed by atoms with E-state index in [0.717, 1.165) is 34.9 Å². The topological polar surface area (TPSA) is 81.2 Å². The van der Waals surface area contributed by atoms with E-state index in [4.69, 9.17) is 20.5 Å². The third-order valence-corrected chi connectivity index (χ3v) is 5.44. The first-order valence-electron chi connectivity index (χ1n) is 9.53. The Bertz CT molecular complexity index is 1210. The average Bonchev–Trinajstić information content (AvgIpc) is 3.45. The number of carbonyl (C=O) groups excluding carboxylic acids is 1. The monoisotopic (exact) mass is 407 g/mol. The first kappa shape index (κ1) is 17.9. The molecular weight excluding hydrogens is 390 g/mol. The second-order valence-corrected chi connectivity index (χ2v) is 7.64. The molecule has 0 bridgehead atoms. The molecule has 29 heavy (non-hydrogen) atoms. The van der Waals surface area contributed by atoms with Gasteiger partial charge in [0.25, 0.3) is 0 Å². The lowest BCUT2D eigenvalue weighted by Crippen LogP contribution is -2.24. The lowest BCUT2D eigenvalue weighted by atomic mass is 10.0. The molecule has 1 N–H and O–H groups in total. The van der Waals surface area contributed by atoms with Gasteiger partial charge in [0.05, 0.1) is 19.2 Å². The van der Waals surface area contributed by atoms with Gasteiger partial charge in [0, 0.05) is 21.5 Å². The number of aryl methyl sites for hydroxylation is 2. The van der Waals surface area contributed by atoms with E-state index in [1.807, 2.05) is 12.1 Å². The van der Waals surface area contributed by atoms with Crippen molar-refractivity contribution in [3.05, 3.63) is 70.3 Å². The van der Waals surface area contributed by atoms with E-state index in [-0.39, 0.29) is 18.9 Å². The van der Waals surface area contributed by atoms with Crippen LogP contribution in [0.15, 0.2) is 51.6 Å². The van der Waals surface area contributed by atoms with E-state index in [1.165, 1.54) is 17.5 Å². The number of carbonyl (C=O) groups is 1. The second-order valence-electron chi connectivity index (χ2n) is 7.21. The van der Waals surface area contributed by atoms with E-state index >= 15 is 0 Å². The Hall–Kier alpha value is -3.12. The van der Waals surface area contributed by atoms with Gasteiger partial charge in [-0.1, -0.05) is 28.9 Å². The third-order valence-electron chi connectivity index (χ3n) is 5.21. The molecule has 0 atom stereocenters. The van der Waals surface area contributed by atoms with E-state index < -0.39 is 0 Å². The van der Waals surface area contributed by atoms with Crippen LogP contribution in [0.5, 0.6) is 0 Å². The number of furan rings is 1. The van der Waals surface area contributed by atoms with Gasteiger partial charge >= 0.3 is 0 Å². The van der Waals surface area contributed by atoms with Crippen molar-refractivity contribution >= 4 is 28.5 Å². The number of hydrogen-bond donors (Lipinski definition) is 1. The maximum absolute atomic E-state index is 12.4. The number of amides is 1. The SMILES string of the molecule is O=C(Cc1coc2cc3c(cc12)CCC3)NCc1nc(-c2cccc(Cl)c2)no1. The predicted molar refractivity (Wildman–Crippen MR) is 109 cm³/mol. The lowest BCUT2D eigenvalue weighted by molar-refractivity contribution is -0.120. The first-order chi connectivity index (χ1) is 14.2. The molecule has 0 radical (unpaired) electrons. The van der Waals surface area contributed by atoms with Crippen molar-refractivity contribution in [1.29, 1.82) is 0 Å². The van der Waals surface area contributed by atoms with Gasteiger partial charge in [0.15, 0.2) is 0 Å². The summed E-state index contributed by atoms with van der Waals surface area (Å²) in [5.74, 6) is 0.644. The number of nitrogens with one attached hydrogen (secondary N) is 1. The highest BCUT2D eigenvalue weighted by Crippen LogP contribution is 2.30. The minimum absolute atomic E-state index is 0.129. The number of hydrogen-bond acceptors (Lipinski definition) is 5. The molecule has 6 nitrogen and oxygen atoms in total. The molecule has 0 spiro atoms. The zero-order valence-electron chi connectivity index (χ0n) is 15.6. The van der Waals surface area contributed by atoms with Crippen molar-refractivity contribution in [2.75, 3.05) is 0 Å².